The van der Waals surface area contributed by atoms with Crippen LogP contribution in [0.1, 0.15) is 51.0 Å². The standard InChI is InChI=1S/C20H28ClNO2/c1-3-24-18-8-16(7-17(21)19(18)23-2)12-22-20-9-13-4-14(10-20)6-15(5-13)11-20/h7-8,13-15,22H,3-6,9-12H2,1-2H3. The van der Waals surface area contributed by atoms with E-state index >= 15 is 0 Å². The Bertz CT molecular complexity index is 581. The lowest BCUT2D eigenvalue weighted by atomic mass is 9.53. The van der Waals surface area contributed by atoms with Crippen LogP contribution in [-0.4, -0.2) is 19.3 Å². The van der Waals surface area contributed by atoms with Gasteiger partial charge in [-0.3, -0.25) is 0 Å². The lowest BCUT2D eigenvalue weighted by Gasteiger charge is -2.57. The van der Waals surface area contributed by atoms with E-state index in [1.165, 1.54) is 44.1 Å². The summed E-state index contributed by atoms with van der Waals surface area (Å²) < 4.78 is 11.1. The SMILES string of the molecule is CCOc1cc(CNC23CC4CC(CC(C4)C2)C3)cc(Cl)c1OC. The highest BCUT2D eigenvalue weighted by molar-refractivity contribution is 6.32. The molecule has 24 heavy (non-hydrogen) atoms. The Morgan fingerprint density at radius 2 is 1.75 bits per heavy atom. The normalized spacial score (nSPS) is 33.7. The van der Waals surface area contributed by atoms with Gasteiger partial charge in [0.2, 0.25) is 0 Å². The molecule has 4 heteroatoms. The van der Waals surface area contributed by atoms with Gasteiger partial charge >= 0.3 is 0 Å². The van der Waals surface area contributed by atoms with Gasteiger partial charge in [0.1, 0.15) is 0 Å². The fraction of sp³-hybridized carbons (Fsp3) is 0.700. The molecule has 0 aromatic heterocycles. The lowest BCUT2D eigenvalue weighted by Crippen LogP contribution is -2.58. The molecule has 1 aromatic carbocycles. The van der Waals surface area contributed by atoms with Gasteiger partial charge in [-0.15, -0.1) is 0 Å². The lowest BCUT2D eigenvalue weighted by molar-refractivity contribution is -0.0206. The predicted molar refractivity (Wildman–Crippen MR) is 96.9 cm³/mol. The molecule has 1 aromatic rings. The molecule has 4 aliphatic carbocycles. The molecule has 0 heterocycles. The zero-order valence-electron chi connectivity index (χ0n) is 14.7. The minimum atomic E-state index is 0.368. The molecule has 0 unspecified atom stereocenters. The second-order valence-electron chi connectivity index (χ2n) is 8.09. The molecule has 0 saturated heterocycles. The first-order valence-electron chi connectivity index (χ1n) is 9.35. The van der Waals surface area contributed by atoms with Crippen molar-refractivity contribution in [2.24, 2.45) is 17.8 Å². The smallest absolute Gasteiger partial charge is 0.179 e. The molecular formula is C20H28ClNO2. The van der Waals surface area contributed by atoms with Gasteiger partial charge in [-0.05, 0) is 80.9 Å². The van der Waals surface area contributed by atoms with Gasteiger partial charge in [0.05, 0.1) is 18.7 Å². The zero-order chi connectivity index (χ0) is 16.7. The molecule has 1 N–H and O–H groups in total. The van der Waals surface area contributed by atoms with E-state index in [-0.39, 0.29) is 0 Å². The zero-order valence-corrected chi connectivity index (χ0v) is 15.5. The highest BCUT2D eigenvalue weighted by atomic mass is 35.5. The molecule has 0 atom stereocenters. The summed E-state index contributed by atoms with van der Waals surface area (Å²) in [6.45, 7) is 3.45. The summed E-state index contributed by atoms with van der Waals surface area (Å²) in [7, 11) is 1.64. The van der Waals surface area contributed by atoms with Gasteiger partial charge in [0.25, 0.3) is 0 Å². The first-order chi connectivity index (χ1) is 11.6. The summed E-state index contributed by atoms with van der Waals surface area (Å²) in [6.07, 6.45) is 8.51. The van der Waals surface area contributed by atoms with Crippen molar-refractivity contribution in [3.8, 4) is 11.5 Å². The molecule has 4 fully saturated rings. The minimum absolute atomic E-state index is 0.368. The molecule has 0 spiro atoms. The number of methoxy groups -OCH3 is 1. The Labute approximate surface area is 150 Å². The van der Waals surface area contributed by atoms with Crippen molar-refractivity contribution < 1.29 is 9.47 Å². The average Bonchev–Trinajstić information content (AvgIpc) is 2.52. The predicted octanol–water partition coefficient (Wildman–Crippen LogP) is 4.81. The third kappa shape index (κ3) is 3.01. The first kappa shape index (κ1) is 16.5. The third-order valence-corrected chi connectivity index (χ3v) is 6.56. The summed E-state index contributed by atoms with van der Waals surface area (Å²) in [5, 5.41) is 4.55. The number of nitrogens with one attached hydrogen (secondary N) is 1. The van der Waals surface area contributed by atoms with Crippen molar-refractivity contribution >= 4 is 11.6 Å². The van der Waals surface area contributed by atoms with Crippen LogP contribution in [0.15, 0.2) is 12.1 Å². The van der Waals surface area contributed by atoms with Crippen LogP contribution >= 0.6 is 11.6 Å². The van der Waals surface area contributed by atoms with E-state index in [4.69, 9.17) is 21.1 Å². The van der Waals surface area contributed by atoms with Crippen LogP contribution < -0.4 is 14.8 Å². The summed E-state index contributed by atoms with van der Waals surface area (Å²) in [5.74, 6) is 4.26. The Hall–Kier alpha value is -0.930. The molecule has 4 saturated carbocycles. The minimum Gasteiger partial charge on any atom is -0.491 e. The van der Waals surface area contributed by atoms with Crippen LogP contribution in [0.5, 0.6) is 11.5 Å². The summed E-state index contributed by atoms with van der Waals surface area (Å²) >= 11 is 6.39. The topological polar surface area (TPSA) is 30.5 Å². The Morgan fingerprint density at radius 3 is 2.29 bits per heavy atom. The quantitative estimate of drug-likeness (QED) is 0.799. The first-order valence-corrected chi connectivity index (χ1v) is 9.73. The largest absolute Gasteiger partial charge is 0.491 e. The van der Waals surface area contributed by atoms with E-state index in [1.807, 2.05) is 13.0 Å². The number of benzene rings is 1. The van der Waals surface area contributed by atoms with Crippen LogP contribution in [0.4, 0.5) is 0 Å². The molecule has 0 aliphatic heterocycles. The van der Waals surface area contributed by atoms with Crippen LogP contribution in [0.2, 0.25) is 5.02 Å². The fourth-order valence-electron chi connectivity index (χ4n) is 5.80. The van der Waals surface area contributed by atoms with Gasteiger partial charge in [0, 0.05) is 12.1 Å². The van der Waals surface area contributed by atoms with E-state index in [2.05, 4.69) is 11.4 Å². The molecule has 3 nitrogen and oxygen atoms in total. The van der Waals surface area contributed by atoms with Crippen LogP contribution in [0, 0.1) is 17.8 Å². The number of ether oxygens (including phenoxy) is 2. The van der Waals surface area contributed by atoms with Gasteiger partial charge in [-0.1, -0.05) is 11.6 Å². The van der Waals surface area contributed by atoms with Crippen molar-refractivity contribution in [2.45, 2.75) is 57.5 Å². The van der Waals surface area contributed by atoms with Gasteiger partial charge in [0.15, 0.2) is 11.5 Å². The molecule has 4 bridgehead atoms. The monoisotopic (exact) mass is 349 g/mol. The molecule has 132 valence electrons. The maximum Gasteiger partial charge on any atom is 0.179 e. The van der Waals surface area contributed by atoms with Crippen molar-refractivity contribution in [3.63, 3.8) is 0 Å². The second kappa shape index (κ2) is 6.42. The van der Waals surface area contributed by atoms with E-state index in [0.29, 0.717) is 22.9 Å². The Morgan fingerprint density at radius 1 is 1.12 bits per heavy atom. The Kier molecular flexibility index (Phi) is 4.42. The summed E-state index contributed by atoms with van der Waals surface area (Å²) in [4.78, 5) is 0. The van der Waals surface area contributed by atoms with Crippen molar-refractivity contribution in [1.29, 1.82) is 0 Å². The summed E-state index contributed by atoms with van der Waals surface area (Å²) in [5.41, 5.74) is 1.55. The van der Waals surface area contributed by atoms with Crippen LogP contribution in [0.3, 0.4) is 0 Å². The van der Waals surface area contributed by atoms with Crippen molar-refractivity contribution in [2.75, 3.05) is 13.7 Å². The van der Waals surface area contributed by atoms with Gasteiger partial charge in [-0.2, -0.15) is 0 Å². The fourth-order valence-corrected chi connectivity index (χ4v) is 6.11. The van der Waals surface area contributed by atoms with Crippen LogP contribution in [-0.2, 0) is 6.54 Å². The van der Waals surface area contributed by atoms with E-state index in [0.717, 1.165) is 30.0 Å². The van der Waals surface area contributed by atoms with Crippen LogP contribution in [0.25, 0.3) is 0 Å². The average molecular weight is 350 g/mol. The molecule has 0 amide bonds. The third-order valence-electron chi connectivity index (χ3n) is 6.28. The number of halogens is 1. The highest BCUT2D eigenvalue weighted by Crippen LogP contribution is 2.55. The second-order valence-corrected chi connectivity index (χ2v) is 8.50. The van der Waals surface area contributed by atoms with E-state index < -0.39 is 0 Å². The van der Waals surface area contributed by atoms with Gasteiger partial charge in [-0.25, -0.2) is 0 Å². The molecule has 5 rings (SSSR count). The van der Waals surface area contributed by atoms with Crippen molar-refractivity contribution in [3.05, 3.63) is 22.7 Å². The highest BCUT2D eigenvalue weighted by Gasteiger charge is 2.50. The summed E-state index contributed by atoms with van der Waals surface area (Å²) in [6, 6.07) is 4.08. The van der Waals surface area contributed by atoms with E-state index in [9.17, 15) is 0 Å². The Balaban J connectivity index is 1.50. The maximum absolute atomic E-state index is 6.39. The molecular weight excluding hydrogens is 322 g/mol. The van der Waals surface area contributed by atoms with E-state index in [1.54, 1.807) is 7.11 Å². The van der Waals surface area contributed by atoms with Crippen molar-refractivity contribution in [1.82, 2.24) is 5.32 Å². The molecule has 0 radical (unpaired) electrons. The number of rotatable bonds is 6. The maximum atomic E-state index is 6.39. The molecule has 4 aliphatic rings. The van der Waals surface area contributed by atoms with Gasteiger partial charge < -0.3 is 14.8 Å². The number of hydrogen-bond donors (Lipinski definition) is 1. The number of hydrogen-bond acceptors (Lipinski definition) is 3.